The molecule has 2 aromatic rings. The minimum Gasteiger partial charge on any atom is -0.0984 e. The molecule has 0 amide bonds. The molecule has 0 spiro atoms. The number of benzene rings is 2. The number of rotatable bonds is 3. The average molecular weight is 398 g/mol. The third-order valence-corrected chi connectivity index (χ3v) is 5.03. The molecular formula is C21H19I. The van der Waals surface area contributed by atoms with Crippen LogP contribution in [0.5, 0.6) is 0 Å². The molecule has 0 radical (unpaired) electrons. The van der Waals surface area contributed by atoms with Gasteiger partial charge in [0.2, 0.25) is 0 Å². The third-order valence-electron chi connectivity index (χ3n) is 4.35. The van der Waals surface area contributed by atoms with Gasteiger partial charge in [0.05, 0.1) is 0 Å². The van der Waals surface area contributed by atoms with Crippen LogP contribution in [0, 0.1) is 3.57 Å². The van der Waals surface area contributed by atoms with Crippen molar-refractivity contribution in [2.45, 2.75) is 19.3 Å². The van der Waals surface area contributed by atoms with Crippen LogP contribution in [0.3, 0.4) is 0 Å². The molecule has 1 heteroatoms. The van der Waals surface area contributed by atoms with Crippen molar-refractivity contribution >= 4 is 34.2 Å². The van der Waals surface area contributed by atoms with Gasteiger partial charge in [-0.1, -0.05) is 75.1 Å². The van der Waals surface area contributed by atoms with E-state index >= 15 is 0 Å². The van der Waals surface area contributed by atoms with E-state index in [1.165, 1.54) is 31.4 Å². The second kappa shape index (κ2) is 5.88. The maximum absolute atomic E-state index is 4.04. The van der Waals surface area contributed by atoms with Gasteiger partial charge in [0.15, 0.2) is 0 Å². The van der Waals surface area contributed by atoms with E-state index in [2.05, 4.69) is 97.6 Å². The Morgan fingerprint density at radius 2 is 1.73 bits per heavy atom. The van der Waals surface area contributed by atoms with Crippen molar-refractivity contribution in [2.75, 3.05) is 0 Å². The number of fused-ring (bicyclic) bond motifs is 1. The third kappa shape index (κ3) is 2.58. The zero-order valence-corrected chi connectivity index (χ0v) is 15.1. The van der Waals surface area contributed by atoms with Crippen molar-refractivity contribution in [3.8, 4) is 0 Å². The maximum atomic E-state index is 4.04. The van der Waals surface area contributed by atoms with E-state index in [1.807, 2.05) is 12.1 Å². The highest BCUT2D eigenvalue weighted by atomic mass is 127. The van der Waals surface area contributed by atoms with E-state index in [-0.39, 0.29) is 5.41 Å². The lowest BCUT2D eigenvalue weighted by molar-refractivity contribution is 0.654. The lowest BCUT2D eigenvalue weighted by Crippen LogP contribution is -2.16. The first kappa shape index (κ1) is 15.3. The van der Waals surface area contributed by atoms with Crippen molar-refractivity contribution < 1.29 is 0 Å². The SMILES string of the molecule is C=CC1=C(/C=C/c2ccccc2)C(C)(C)c2cc(I)ccc21. The van der Waals surface area contributed by atoms with Gasteiger partial charge in [-0.05, 0) is 62.6 Å². The standard InChI is InChI=1S/C21H19I/c1-4-17-18-12-11-16(22)14-20(18)21(2,3)19(17)13-10-15-8-6-5-7-9-15/h4-14H,1H2,2-3H3/b13-10+. The number of hydrogen-bond acceptors (Lipinski definition) is 0. The topological polar surface area (TPSA) is 0 Å². The van der Waals surface area contributed by atoms with Crippen LogP contribution in [0.1, 0.15) is 30.5 Å². The Balaban J connectivity index is 2.10. The van der Waals surface area contributed by atoms with Crippen LogP contribution in [0.15, 0.2) is 72.8 Å². The van der Waals surface area contributed by atoms with E-state index in [1.54, 1.807) is 0 Å². The van der Waals surface area contributed by atoms with Crippen molar-refractivity contribution in [3.63, 3.8) is 0 Å². The second-order valence-electron chi connectivity index (χ2n) is 6.09. The van der Waals surface area contributed by atoms with Crippen LogP contribution < -0.4 is 0 Å². The predicted molar refractivity (Wildman–Crippen MR) is 105 cm³/mol. The Morgan fingerprint density at radius 1 is 1.00 bits per heavy atom. The lowest BCUT2D eigenvalue weighted by Gasteiger charge is -2.23. The molecule has 0 unspecified atom stereocenters. The lowest BCUT2D eigenvalue weighted by atomic mass is 9.81. The highest BCUT2D eigenvalue weighted by Gasteiger charge is 2.35. The summed E-state index contributed by atoms with van der Waals surface area (Å²) in [4.78, 5) is 0. The Bertz CT molecular complexity index is 777. The molecule has 0 bridgehead atoms. The van der Waals surface area contributed by atoms with Crippen LogP contribution in [-0.4, -0.2) is 0 Å². The monoisotopic (exact) mass is 398 g/mol. The van der Waals surface area contributed by atoms with Crippen LogP contribution >= 0.6 is 22.6 Å². The normalized spacial score (nSPS) is 16.1. The molecule has 110 valence electrons. The summed E-state index contributed by atoms with van der Waals surface area (Å²) in [6, 6.07) is 17.1. The zero-order valence-electron chi connectivity index (χ0n) is 12.9. The largest absolute Gasteiger partial charge is 0.0984 e. The van der Waals surface area contributed by atoms with Crippen molar-refractivity contribution in [1.82, 2.24) is 0 Å². The van der Waals surface area contributed by atoms with Crippen molar-refractivity contribution in [2.24, 2.45) is 0 Å². The van der Waals surface area contributed by atoms with Gasteiger partial charge in [0.1, 0.15) is 0 Å². The molecule has 3 rings (SSSR count). The molecule has 0 heterocycles. The van der Waals surface area contributed by atoms with Gasteiger partial charge in [-0.3, -0.25) is 0 Å². The molecule has 0 fully saturated rings. The summed E-state index contributed by atoms with van der Waals surface area (Å²) in [5, 5.41) is 0. The van der Waals surface area contributed by atoms with Gasteiger partial charge in [-0.25, -0.2) is 0 Å². The maximum Gasteiger partial charge on any atom is 0.0159 e. The molecule has 0 aliphatic heterocycles. The van der Waals surface area contributed by atoms with Gasteiger partial charge in [0, 0.05) is 8.99 Å². The summed E-state index contributed by atoms with van der Waals surface area (Å²) < 4.78 is 1.28. The minimum atomic E-state index is 0.00528. The fourth-order valence-electron chi connectivity index (χ4n) is 3.16. The smallest absolute Gasteiger partial charge is 0.0159 e. The van der Waals surface area contributed by atoms with Gasteiger partial charge >= 0.3 is 0 Å². The molecule has 0 saturated carbocycles. The summed E-state index contributed by atoms with van der Waals surface area (Å²) in [5.74, 6) is 0. The predicted octanol–water partition coefficient (Wildman–Crippen LogP) is 6.24. The summed E-state index contributed by atoms with van der Waals surface area (Å²) in [7, 11) is 0. The van der Waals surface area contributed by atoms with E-state index in [0.29, 0.717) is 0 Å². The fraction of sp³-hybridized carbons (Fsp3) is 0.143. The van der Waals surface area contributed by atoms with Crippen LogP contribution in [0.2, 0.25) is 0 Å². The Hall–Kier alpha value is -1.61. The van der Waals surface area contributed by atoms with E-state index in [0.717, 1.165) is 0 Å². The van der Waals surface area contributed by atoms with Crippen molar-refractivity contribution in [1.29, 1.82) is 0 Å². The Kier molecular flexibility index (Phi) is 4.09. The van der Waals surface area contributed by atoms with Gasteiger partial charge in [-0.15, -0.1) is 0 Å². The van der Waals surface area contributed by atoms with E-state index < -0.39 is 0 Å². The number of allylic oxidation sites excluding steroid dienone is 4. The van der Waals surface area contributed by atoms with E-state index in [9.17, 15) is 0 Å². The Labute approximate surface area is 146 Å². The first-order valence-electron chi connectivity index (χ1n) is 7.45. The molecule has 0 saturated heterocycles. The molecular weight excluding hydrogens is 379 g/mol. The van der Waals surface area contributed by atoms with Crippen LogP contribution in [0.25, 0.3) is 11.6 Å². The van der Waals surface area contributed by atoms with E-state index in [4.69, 9.17) is 0 Å². The fourth-order valence-corrected chi connectivity index (χ4v) is 3.65. The summed E-state index contributed by atoms with van der Waals surface area (Å²) in [6.45, 7) is 8.63. The first-order chi connectivity index (χ1) is 10.5. The summed E-state index contributed by atoms with van der Waals surface area (Å²) >= 11 is 2.38. The highest BCUT2D eigenvalue weighted by molar-refractivity contribution is 14.1. The highest BCUT2D eigenvalue weighted by Crippen LogP contribution is 2.47. The molecule has 2 aromatic carbocycles. The molecule has 0 atom stereocenters. The molecule has 1 aliphatic carbocycles. The second-order valence-corrected chi connectivity index (χ2v) is 7.34. The number of hydrogen-bond donors (Lipinski definition) is 0. The zero-order chi connectivity index (χ0) is 15.7. The summed E-state index contributed by atoms with van der Waals surface area (Å²) in [6.07, 6.45) is 6.43. The summed E-state index contributed by atoms with van der Waals surface area (Å²) in [5.41, 5.74) is 6.52. The molecule has 0 aromatic heterocycles. The van der Waals surface area contributed by atoms with Gasteiger partial charge in [0.25, 0.3) is 0 Å². The van der Waals surface area contributed by atoms with Crippen LogP contribution in [-0.2, 0) is 5.41 Å². The van der Waals surface area contributed by atoms with Gasteiger partial charge in [-0.2, -0.15) is 0 Å². The Morgan fingerprint density at radius 3 is 2.41 bits per heavy atom. The molecule has 22 heavy (non-hydrogen) atoms. The first-order valence-corrected chi connectivity index (χ1v) is 8.52. The molecule has 0 N–H and O–H groups in total. The quantitative estimate of drug-likeness (QED) is 0.538. The molecule has 1 aliphatic rings. The average Bonchev–Trinajstić information content (AvgIpc) is 2.73. The van der Waals surface area contributed by atoms with Crippen molar-refractivity contribution in [3.05, 3.63) is 93.1 Å². The van der Waals surface area contributed by atoms with Gasteiger partial charge < -0.3 is 0 Å². The number of halogens is 1. The molecule has 0 nitrogen and oxygen atoms in total. The minimum absolute atomic E-state index is 0.00528. The van der Waals surface area contributed by atoms with Crippen LogP contribution in [0.4, 0.5) is 0 Å².